The molecule has 22 heavy (non-hydrogen) atoms. The molecule has 1 aromatic heterocycles. The van der Waals surface area contributed by atoms with E-state index < -0.39 is 6.10 Å². The molecular formula is C16H23N3O2S. The molecule has 1 heterocycles. The molecule has 0 radical (unpaired) electrons. The summed E-state index contributed by atoms with van der Waals surface area (Å²) in [4.78, 5) is 4.00. The Morgan fingerprint density at radius 2 is 2.00 bits per heavy atom. The smallest absolute Gasteiger partial charge is 0.216 e. The molecule has 0 aliphatic heterocycles. The van der Waals surface area contributed by atoms with Crippen molar-refractivity contribution in [2.45, 2.75) is 39.3 Å². The molecule has 0 amide bonds. The lowest BCUT2D eigenvalue weighted by Crippen LogP contribution is -2.38. The maximum absolute atomic E-state index is 10.8. The van der Waals surface area contributed by atoms with Crippen LogP contribution in [0, 0.1) is 10.2 Å². The number of aliphatic hydroxyl groups excluding tert-OH is 1. The van der Waals surface area contributed by atoms with E-state index in [1.54, 1.807) is 18.1 Å². The highest BCUT2D eigenvalue weighted by atomic mass is 32.1. The number of hydrogen-bond donors (Lipinski definition) is 2. The summed E-state index contributed by atoms with van der Waals surface area (Å²) in [5.74, 6) is 0.833. The van der Waals surface area contributed by atoms with Crippen LogP contribution in [0.4, 0.5) is 0 Å². The Balaban J connectivity index is 2.14. The molecule has 0 aliphatic carbocycles. The fourth-order valence-electron chi connectivity index (χ4n) is 2.72. The van der Waals surface area contributed by atoms with Crippen molar-refractivity contribution < 1.29 is 9.84 Å². The van der Waals surface area contributed by atoms with Crippen LogP contribution in [0.5, 0.6) is 5.75 Å². The van der Waals surface area contributed by atoms with Crippen LogP contribution in [0.15, 0.2) is 30.6 Å². The van der Waals surface area contributed by atoms with Gasteiger partial charge in [-0.1, -0.05) is 26.0 Å². The fourth-order valence-corrected chi connectivity index (χ4v) is 3.00. The molecule has 2 N–H and O–H groups in total. The highest BCUT2D eigenvalue weighted by molar-refractivity contribution is 7.71. The third-order valence-corrected chi connectivity index (χ3v) is 4.36. The molecule has 0 saturated carbocycles. The van der Waals surface area contributed by atoms with Gasteiger partial charge in [0, 0.05) is 0 Å². The molecule has 0 spiro atoms. The van der Waals surface area contributed by atoms with Crippen LogP contribution in [0.2, 0.25) is 0 Å². The van der Waals surface area contributed by atoms with Crippen molar-refractivity contribution in [1.82, 2.24) is 14.8 Å². The number of methoxy groups -OCH3 is 1. The van der Waals surface area contributed by atoms with Crippen LogP contribution in [0.1, 0.15) is 32.4 Å². The predicted octanol–water partition coefficient (Wildman–Crippen LogP) is 3.14. The Morgan fingerprint density at radius 3 is 2.50 bits per heavy atom. The van der Waals surface area contributed by atoms with E-state index in [-0.39, 0.29) is 11.5 Å². The number of aromatic amines is 1. The second kappa shape index (κ2) is 6.62. The third kappa shape index (κ3) is 3.56. The highest BCUT2D eigenvalue weighted by Crippen LogP contribution is 2.32. The van der Waals surface area contributed by atoms with Gasteiger partial charge >= 0.3 is 0 Å². The first-order valence-corrected chi connectivity index (χ1v) is 7.69. The molecule has 2 unspecified atom stereocenters. The lowest BCUT2D eigenvalue weighted by molar-refractivity contribution is 0.00782. The highest BCUT2D eigenvalue weighted by Gasteiger charge is 2.33. The number of benzene rings is 1. The summed E-state index contributed by atoms with van der Waals surface area (Å²) in [5, 5.41) is 13.7. The minimum absolute atomic E-state index is 0.178. The monoisotopic (exact) mass is 321 g/mol. The SMILES string of the molecule is COc1ccc(CC(C)(C)C(O)C(C)n2[nH]cnc2=S)cc1. The molecule has 5 nitrogen and oxygen atoms in total. The van der Waals surface area contributed by atoms with Gasteiger partial charge < -0.3 is 9.84 Å². The van der Waals surface area contributed by atoms with Crippen LogP contribution in [-0.4, -0.2) is 33.1 Å². The van der Waals surface area contributed by atoms with E-state index in [9.17, 15) is 5.11 Å². The van der Waals surface area contributed by atoms with E-state index >= 15 is 0 Å². The third-order valence-electron chi connectivity index (χ3n) is 4.06. The standard InChI is InChI=1S/C16H23N3O2S/c1-11(19-15(22)17-10-18-19)14(20)16(2,3)9-12-5-7-13(21-4)8-6-12/h5-8,10-11,14,20H,9H2,1-4H3,(H,17,18,22). The topological polar surface area (TPSA) is 63.1 Å². The van der Waals surface area contributed by atoms with Gasteiger partial charge in [0.1, 0.15) is 12.1 Å². The summed E-state index contributed by atoms with van der Waals surface area (Å²) >= 11 is 5.16. The van der Waals surface area contributed by atoms with Crippen LogP contribution in [-0.2, 0) is 6.42 Å². The van der Waals surface area contributed by atoms with Crippen molar-refractivity contribution in [2.75, 3.05) is 7.11 Å². The number of aromatic nitrogens is 3. The molecule has 0 aliphatic rings. The van der Waals surface area contributed by atoms with Gasteiger partial charge in [-0.05, 0) is 48.7 Å². The summed E-state index contributed by atoms with van der Waals surface area (Å²) in [6.45, 7) is 6.05. The normalized spacial score (nSPS) is 14.6. The molecule has 0 bridgehead atoms. The maximum Gasteiger partial charge on any atom is 0.216 e. The van der Waals surface area contributed by atoms with Crippen LogP contribution in [0.3, 0.4) is 0 Å². The van der Waals surface area contributed by atoms with Gasteiger partial charge in [0.15, 0.2) is 0 Å². The quantitative estimate of drug-likeness (QED) is 0.802. The first-order valence-electron chi connectivity index (χ1n) is 7.28. The summed E-state index contributed by atoms with van der Waals surface area (Å²) in [5.41, 5.74) is 0.846. The summed E-state index contributed by atoms with van der Waals surface area (Å²) in [6, 6.07) is 7.75. The van der Waals surface area contributed by atoms with E-state index in [0.29, 0.717) is 4.77 Å². The number of rotatable bonds is 6. The van der Waals surface area contributed by atoms with Gasteiger partial charge in [-0.3, -0.25) is 9.78 Å². The van der Waals surface area contributed by atoms with E-state index in [2.05, 4.69) is 23.9 Å². The Morgan fingerprint density at radius 1 is 1.36 bits per heavy atom. The zero-order valence-corrected chi connectivity index (χ0v) is 14.2. The Bertz CT molecular complexity index is 661. The number of aliphatic hydroxyl groups is 1. The van der Waals surface area contributed by atoms with E-state index in [4.69, 9.17) is 17.0 Å². The molecule has 2 rings (SSSR count). The van der Waals surface area contributed by atoms with E-state index in [0.717, 1.165) is 17.7 Å². The van der Waals surface area contributed by atoms with Gasteiger partial charge in [-0.2, -0.15) is 0 Å². The van der Waals surface area contributed by atoms with E-state index in [1.165, 1.54) is 0 Å². The molecule has 120 valence electrons. The summed E-state index contributed by atoms with van der Waals surface area (Å²) < 4.78 is 7.34. The predicted molar refractivity (Wildman–Crippen MR) is 88.6 cm³/mol. The molecule has 2 atom stereocenters. The van der Waals surface area contributed by atoms with Crippen molar-refractivity contribution in [1.29, 1.82) is 0 Å². The van der Waals surface area contributed by atoms with Gasteiger partial charge in [0.2, 0.25) is 4.77 Å². The largest absolute Gasteiger partial charge is 0.497 e. The number of nitrogens with one attached hydrogen (secondary N) is 1. The first-order chi connectivity index (χ1) is 10.3. The fraction of sp³-hybridized carbons (Fsp3) is 0.500. The number of nitrogens with zero attached hydrogens (tertiary/aromatic N) is 2. The van der Waals surface area contributed by atoms with Crippen LogP contribution < -0.4 is 4.74 Å². The molecule has 1 aromatic carbocycles. The Labute approximate surface area is 136 Å². The number of hydrogen-bond acceptors (Lipinski definition) is 4. The summed E-state index contributed by atoms with van der Waals surface area (Å²) in [6.07, 6.45) is 1.73. The van der Waals surface area contributed by atoms with Crippen LogP contribution in [0.25, 0.3) is 0 Å². The van der Waals surface area contributed by atoms with Crippen LogP contribution >= 0.6 is 12.2 Å². The maximum atomic E-state index is 10.8. The molecule has 2 aromatic rings. The number of ether oxygens (including phenoxy) is 1. The lowest BCUT2D eigenvalue weighted by atomic mass is 9.78. The van der Waals surface area contributed by atoms with E-state index in [1.807, 2.05) is 31.2 Å². The van der Waals surface area contributed by atoms with Gasteiger partial charge in [-0.15, -0.1) is 0 Å². The molecular weight excluding hydrogens is 298 g/mol. The average Bonchev–Trinajstić information content (AvgIpc) is 2.92. The zero-order chi connectivity index (χ0) is 16.3. The minimum Gasteiger partial charge on any atom is -0.497 e. The lowest BCUT2D eigenvalue weighted by Gasteiger charge is -2.34. The van der Waals surface area contributed by atoms with Crippen molar-refractivity contribution in [2.24, 2.45) is 5.41 Å². The van der Waals surface area contributed by atoms with Crippen molar-refractivity contribution in [3.8, 4) is 5.75 Å². The molecule has 0 saturated heterocycles. The average molecular weight is 321 g/mol. The van der Waals surface area contributed by atoms with Gasteiger partial charge in [0.25, 0.3) is 0 Å². The van der Waals surface area contributed by atoms with Crippen molar-refractivity contribution >= 4 is 12.2 Å². The number of H-pyrrole nitrogens is 1. The molecule has 6 heteroatoms. The summed E-state index contributed by atoms with van der Waals surface area (Å²) in [7, 11) is 1.65. The van der Waals surface area contributed by atoms with Gasteiger partial charge in [0.05, 0.1) is 19.3 Å². The Kier molecular flexibility index (Phi) is 5.03. The zero-order valence-electron chi connectivity index (χ0n) is 13.4. The second-order valence-corrected chi connectivity index (χ2v) is 6.60. The Hall–Kier alpha value is -1.66. The van der Waals surface area contributed by atoms with Crippen molar-refractivity contribution in [3.05, 3.63) is 40.9 Å². The first kappa shape index (κ1) is 16.7. The molecule has 0 fully saturated rings. The van der Waals surface area contributed by atoms with Crippen molar-refractivity contribution in [3.63, 3.8) is 0 Å². The van der Waals surface area contributed by atoms with Gasteiger partial charge in [-0.25, -0.2) is 4.98 Å². The second-order valence-electron chi connectivity index (χ2n) is 6.24. The minimum atomic E-state index is -0.568.